The highest BCUT2D eigenvalue weighted by Crippen LogP contribution is 2.45. The van der Waals surface area contributed by atoms with Crippen LogP contribution in [0.3, 0.4) is 0 Å². The molecule has 2 amide bonds. The summed E-state index contributed by atoms with van der Waals surface area (Å²) in [5.41, 5.74) is 3.44. The molecular weight excluding hydrogens is 475 g/mol. The summed E-state index contributed by atoms with van der Waals surface area (Å²) in [6.45, 7) is 3.72. The molecule has 0 aromatic heterocycles. The molecule has 2 aromatic carbocycles. The molecule has 1 unspecified atom stereocenters. The van der Waals surface area contributed by atoms with Crippen molar-refractivity contribution in [3.05, 3.63) is 70.2 Å². The van der Waals surface area contributed by atoms with Gasteiger partial charge in [-0.25, -0.2) is 0 Å². The summed E-state index contributed by atoms with van der Waals surface area (Å²) < 4.78 is 1.16. The zero-order valence-electron chi connectivity index (χ0n) is 17.4. The SMILES string of the molecule is C=Cc1ccccc1CNC(=O)C(=O)NCC#N.CNC1(c2cc(P)cc(Br)c2)CC1. The number of amides is 2. The molecule has 0 saturated heterocycles. The van der Waals surface area contributed by atoms with E-state index < -0.39 is 11.8 Å². The van der Waals surface area contributed by atoms with Gasteiger partial charge in [-0.15, -0.1) is 9.24 Å². The molecular formula is C23H26BrN4O2P. The minimum Gasteiger partial charge on any atom is -0.344 e. The molecule has 1 aliphatic carbocycles. The fourth-order valence-electron chi connectivity index (χ4n) is 3.05. The Morgan fingerprint density at radius 3 is 2.48 bits per heavy atom. The fourth-order valence-corrected chi connectivity index (χ4v) is 4.16. The van der Waals surface area contributed by atoms with Crippen LogP contribution in [0.4, 0.5) is 0 Å². The Balaban J connectivity index is 0.000000231. The molecule has 1 saturated carbocycles. The molecule has 1 aliphatic rings. The average Bonchev–Trinajstić information content (AvgIpc) is 3.57. The third-order valence-electron chi connectivity index (χ3n) is 4.95. The second-order valence-electron chi connectivity index (χ2n) is 7.03. The van der Waals surface area contributed by atoms with E-state index in [0.29, 0.717) is 0 Å². The van der Waals surface area contributed by atoms with Crippen molar-refractivity contribution < 1.29 is 9.59 Å². The Kier molecular flexibility index (Phi) is 9.39. The van der Waals surface area contributed by atoms with Crippen molar-refractivity contribution in [1.29, 1.82) is 5.26 Å². The van der Waals surface area contributed by atoms with E-state index in [-0.39, 0.29) is 18.6 Å². The van der Waals surface area contributed by atoms with E-state index in [4.69, 9.17) is 5.26 Å². The fraction of sp³-hybridized carbons (Fsp3) is 0.261. The number of carbonyl (C=O) groups excluding carboxylic acids is 2. The summed E-state index contributed by atoms with van der Waals surface area (Å²) in [6.07, 6.45) is 4.19. The van der Waals surface area contributed by atoms with Crippen LogP contribution >= 0.6 is 25.2 Å². The molecule has 1 fully saturated rings. The van der Waals surface area contributed by atoms with Crippen molar-refractivity contribution in [3.8, 4) is 6.07 Å². The lowest BCUT2D eigenvalue weighted by atomic mass is 10.1. The van der Waals surface area contributed by atoms with Crippen LogP contribution in [0, 0.1) is 11.3 Å². The standard InChI is InChI=1S/C13H13N3O2.C10H13BrNP/c1-2-10-5-3-4-6-11(10)9-16-13(18)12(17)15-8-7-14;1-12-10(2-3-10)7-4-8(11)6-9(13)5-7/h2-6H,1,8-9H2,(H,15,17)(H,16,18);4-6,12H,2-3,13H2,1H3. The molecule has 31 heavy (non-hydrogen) atoms. The van der Waals surface area contributed by atoms with E-state index in [1.807, 2.05) is 31.3 Å². The summed E-state index contributed by atoms with van der Waals surface area (Å²) in [7, 11) is 4.78. The van der Waals surface area contributed by atoms with Gasteiger partial charge in [0.1, 0.15) is 6.54 Å². The monoisotopic (exact) mass is 500 g/mol. The van der Waals surface area contributed by atoms with Gasteiger partial charge in [-0.2, -0.15) is 5.26 Å². The number of hydrogen-bond acceptors (Lipinski definition) is 4. The number of nitrogens with one attached hydrogen (secondary N) is 3. The number of nitriles is 1. The Morgan fingerprint density at radius 1 is 1.23 bits per heavy atom. The second kappa shape index (κ2) is 11.8. The molecule has 0 radical (unpaired) electrons. The maximum atomic E-state index is 11.4. The maximum absolute atomic E-state index is 11.4. The van der Waals surface area contributed by atoms with Crippen molar-refractivity contribution in [2.75, 3.05) is 13.6 Å². The summed E-state index contributed by atoms with van der Waals surface area (Å²) in [6, 6.07) is 15.7. The lowest BCUT2D eigenvalue weighted by Gasteiger charge is -2.15. The number of hydrogen-bond donors (Lipinski definition) is 3. The molecule has 0 aliphatic heterocycles. The number of nitrogens with zero attached hydrogens (tertiary/aromatic N) is 1. The van der Waals surface area contributed by atoms with Gasteiger partial charge in [-0.3, -0.25) is 9.59 Å². The highest BCUT2D eigenvalue weighted by Gasteiger charge is 2.42. The molecule has 3 N–H and O–H groups in total. The summed E-state index contributed by atoms with van der Waals surface area (Å²) in [5, 5.41) is 17.5. The molecule has 1 atom stereocenters. The second-order valence-corrected chi connectivity index (χ2v) is 8.61. The zero-order valence-corrected chi connectivity index (χ0v) is 20.1. The van der Waals surface area contributed by atoms with Crippen LogP contribution in [-0.4, -0.2) is 25.4 Å². The third kappa shape index (κ3) is 7.29. The largest absolute Gasteiger partial charge is 0.344 e. The van der Waals surface area contributed by atoms with Gasteiger partial charge in [-0.1, -0.05) is 52.9 Å². The lowest BCUT2D eigenvalue weighted by Crippen LogP contribution is -2.39. The number of benzene rings is 2. The Labute approximate surface area is 193 Å². The van der Waals surface area contributed by atoms with Gasteiger partial charge in [0, 0.05) is 16.6 Å². The predicted octanol–water partition coefficient (Wildman–Crippen LogP) is 2.74. The molecule has 0 heterocycles. The third-order valence-corrected chi connectivity index (χ3v) is 5.74. The van der Waals surface area contributed by atoms with Gasteiger partial charge in [0.05, 0.1) is 6.07 Å². The Hall–Kier alpha value is -2.52. The molecule has 2 aromatic rings. The van der Waals surface area contributed by atoms with E-state index >= 15 is 0 Å². The van der Waals surface area contributed by atoms with Gasteiger partial charge < -0.3 is 16.0 Å². The van der Waals surface area contributed by atoms with Crippen LogP contribution in [-0.2, 0) is 21.7 Å². The number of carbonyl (C=O) groups is 2. The van der Waals surface area contributed by atoms with Crippen molar-refractivity contribution >= 4 is 48.4 Å². The lowest BCUT2D eigenvalue weighted by molar-refractivity contribution is -0.139. The van der Waals surface area contributed by atoms with Crippen LogP contribution < -0.4 is 21.3 Å². The van der Waals surface area contributed by atoms with Gasteiger partial charge in [0.15, 0.2) is 0 Å². The summed E-state index contributed by atoms with van der Waals surface area (Å²) in [5.74, 6) is -1.57. The molecule has 0 bridgehead atoms. The predicted molar refractivity (Wildman–Crippen MR) is 130 cm³/mol. The molecule has 3 rings (SSSR count). The average molecular weight is 501 g/mol. The Bertz CT molecular complexity index is 979. The minimum atomic E-state index is -0.812. The van der Waals surface area contributed by atoms with Crippen LogP contribution in [0.25, 0.3) is 6.08 Å². The molecule has 6 nitrogen and oxygen atoms in total. The van der Waals surface area contributed by atoms with Gasteiger partial charge in [0.2, 0.25) is 0 Å². The topological polar surface area (TPSA) is 94.0 Å². The highest BCUT2D eigenvalue weighted by atomic mass is 79.9. The van der Waals surface area contributed by atoms with Crippen molar-refractivity contribution in [1.82, 2.24) is 16.0 Å². The smallest absolute Gasteiger partial charge is 0.310 e. The van der Waals surface area contributed by atoms with E-state index in [1.165, 1.54) is 23.7 Å². The first-order chi connectivity index (χ1) is 14.8. The number of halogens is 1. The van der Waals surface area contributed by atoms with Crippen molar-refractivity contribution in [2.45, 2.75) is 24.9 Å². The molecule has 162 valence electrons. The van der Waals surface area contributed by atoms with Crippen LogP contribution in [0.2, 0.25) is 0 Å². The first kappa shape index (κ1) is 24.7. The normalized spacial score (nSPS) is 13.1. The molecule has 8 heteroatoms. The van der Waals surface area contributed by atoms with Crippen molar-refractivity contribution in [3.63, 3.8) is 0 Å². The Morgan fingerprint density at radius 2 is 1.90 bits per heavy atom. The first-order valence-electron chi connectivity index (χ1n) is 9.74. The van der Waals surface area contributed by atoms with Crippen molar-refractivity contribution in [2.24, 2.45) is 0 Å². The van der Waals surface area contributed by atoms with Gasteiger partial charge in [-0.05, 0) is 60.1 Å². The highest BCUT2D eigenvalue weighted by molar-refractivity contribution is 9.10. The van der Waals surface area contributed by atoms with Gasteiger partial charge >= 0.3 is 11.8 Å². The quantitative estimate of drug-likeness (QED) is 0.323. The van der Waals surface area contributed by atoms with E-state index in [2.05, 4.69) is 65.9 Å². The summed E-state index contributed by atoms with van der Waals surface area (Å²) >= 11 is 3.52. The summed E-state index contributed by atoms with van der Waals surface area (Å²) in [4.78, 5) is 22.5. The molecule has 0 spiro atoms. The van der Waals surface area contributed by atoms with E-state index in [0.717, 1.165) is 15.6 Å². The van der Waals surface area contributed by atoms with Crippen LogP contribution in [0.15, 0.2) is 53.5 Å². The van der Waals surface area contributed by atoms with E-state index in [1.54, 1.807) is 12.1 Å². The van der Waals surface area contributed by atoms with Crippen LogP contribution in [0.5, 0.6) is 0 Å². The maximum Gasteiger partial charge on any atom is 0.310 e. The van der Waals surface area contributed by atoms with Gasteiger partial charge in [0.25, 0.3) is 0 Å². The zero-order chi connectivity index (χ0) is 22.9. The van der Waals surface area contributed by atoms with E-state index in [9.17, 15) is 9.59 Å². The number of rotatable bonds is 6. The minimum absolute atomic E-state index is 0.185. The first-order valence-corrected chi connectivity index (χ1v) is 11.1. The van der Waals surface area contributed by atoms with Crippen LogP contribution in [0.1, 0.15) is 29.5 Å².